The first-order valence-corrected chi connectivity index (χ1v) is 12.1. The normalized spacial score (nSPS) is 13.7. The molecule has 2 aromatic carbocycles. The lowest BCUT2D eigenvalue weighted by molar-refractivity contribution is -0.116. The summed E-state index contributed by atoms with van der Waals surface area (Å²) in [7, 11) is -3.91. The highest BCUT2D eigenvalue weighted by molar-refractivity contribution is 9.10. The van der Waals surface area contributed by atoms with E-state index in [2.05, 4.69) is 20.7 Å². The van der Waals surface area contributed by atoms with Crippen molar-refractivity contribution in [1.82, 2.24) is 4.57 Å². The molecule has 3 aromatic rings. The number of nitrogens with one attached hydrogen (secondary N) is 1. The van der Waals surface area contributed by atoms with E-state index in [4.69, 9.17) is 0 Å². The Kier molecular flexibility index (Phi) is 5.04. The maximum Gasteiger partial charge on any atom is 0.308 e. The van der Waals surface area contributed by atoms with Gasteiger partial charge in [-0.05, 0) is 65.2 Å². The quantitative estimate of drug-likeness (QED) is 0.599. The SMILES string of the molecule is CCn1c(=O)sc2cc(NS(=O)(=O)c3cc4c(cc3Br)CCN4C(C)=O)ccc21. The number of rotatable bonds is 4. The highest BCUT2D eigenvalue weighted by Crippen LogP contribution is 2.36. The molecule has 0 fully saturated rings. The zero-order valence-electron chi connectivity index (χ0n) is 15.7. The Hall–Kier alpha value is -2.17. The van der Waals surface area contributed by atoms with E-state index in [1.54, 1.807) is 33.7 Å². The molecule has 0 radical (unpaired) electrons. The molecule has 152 valence electrons. The van der Waals surface area contributed by atoms with Crippen molar-refractivity contribution in [2.45, 2.75) is 31.7 Å². The topological polar surface area (TPSA) is 88.5 Å². The fourth-order valence-electron chi connectivity index (χ4n) is 3.56. The Balaban J connectivity index is 1.73. The van der Waals surface area contributed by atoms with Gasteiger partial charge in [0.25, 0.3) is 10.0 Å². The maximum atomic E-state index is 13.1. The van der Waals surface area contributed by atoms with Crippen molar-refractivity contribution in [2.75, 3.05) is 16.2 Å². The molecule has 0 bridgehead atoms. The summed E-state index contributed by atoms with van der Waals surface area (Å²) in [4.78, 5) is 25.4. The van der Waals surface area contributed by atoms with Crippen LogP contribution in [0, 0.1) is 0 Å². The number of thiazole rings is 1. The number of sulfonamides is 1. The summed E-state index contributed by atoms with van der Waals surface area (Å²) >= 11 is 4.43. The Bertz CT molecular complexity index is 1310. The number of carbonyl (C=O) groups is 1. The molecule has 0 aliphatic carbocycles. The van der Waals surface area contributed by atoms with Crippen LogP contribution in [0.4, 0.5) is 11.4 Å². The van der Waals surface area contributed by atoms with Crippen LogP contribution in [-0.2, 0) is 27.8 Å². The van der Waals surface area contributed by atoms with Gasteiger partial charge in [-0.2, -0.15) is 0 Å². The summed E-state index contributed by atoms with van der Waals surface area (Å²) in [6.45, 7) is 4.45. The average molecular weight is 496 g/mol. The summed E-state index contributed by atoms with van der Waals surface area (Å²) in [6, 6.07) is 8.32. The van der Waals surface area contributed by atoms with Gasteiger partial charge in [-0.1, -0.05) is 11.3 Å². The predicted octanol–water partition coefficient (Wildman–Crippen LogP) is 3.56. The Labute approximate surface area is 180 Å². The van der Waals surface area contributed by atoms with Gasteiger partial charge < -0.3 is 4.90 Å². The first-order valence-electron chi connectivity index (χ1n) is 8.98. The van der Waals surface area contributed by atoms with E-state index < -0.39 is 10.0 Å². The number of anilines is 2. The van der Waals surface area contributed by atoms with Gasteiger partial charge >= 0.3 is 4.87 Å². The Morgan fingerprint density at radius 3 is 2.72 bits per heavy atom. The third-order valence-electron chi connectivity index (χ3n) is 4.94. The van der Waals surface area contributed by atoms with Gasteiger partial charge in [0.2, 0.25) is 5.91 Å². The molecule has 0 unspecified atom stereocenters. The average Bonchev–Trinajstić information content (AvgIpc) is 3.19. The van der Waals surface area contributed by atoms with Crippen molar-refractivity contribution in [1.29, 1.82) is 0 Å². The molecule has 10 heteroatoms. The van der Waals surface area contributed by atoms with E-state index in [9.17, 15) is 18.0 Å². The van der Waals surface area contributed by atoms with Crippen LogP contribution in [0.15, 0.2) is 44.5 Å². The molecule has 29 heavy (non-hydrogen) atoms. The van der Waals surface area contributed by atoms with E-state index in [0.29, 0.717) is 40.1 Å². The molecular weight excluding hydrogens is 478 g/mol. The Morgan fingerprint density at radius 2 is 2.03 bits per heavy atom. The van der Waals surface area contributed by atoms with Crippen LogP contribution < -0.4 is 14.5 Å². The number of amides is 1. The molecule has 0 saturated heterocycles. The monoisotopic (exact) mass is 495 g/mol. The van der Waals surface area contributed by atoms with Crippen molar-refractivity contribution in [3.63, 3.8) is 0 Å². The van der Waals surface area contributed by atoms with Gasteiger partial charge in [0.05, 0.1) is 15.9 Å². The van der Waals surface area contributed by atoms with E-state index in [0.717, 1.165) is 22.4 Å². The molecule has 1 aromatic heterocycles. The van der Waals surface area contributed by atoms with Gasteiger partial charge in [-0.15, -0.1) is 0 Å². The molecule has 4 rings (SSSR count). The van der Waals surface area contributed by atoms with Crippen molar-refractivity contribution in [2.24, 2.45) is 0 Å². The molecule has 2 heterocycles. The van der Waals surface area contributed by atoms with Crippen LogP contribution in [0.3, 0.4) is 0 Å². The van der Waals surface area contributed by atoms with Gasteiger partial charge in [0.15, 0.2) is 0 Å². The molecule has 0 atom stereocenters. The second-order valence-electron chi connectivity index (χ2n) is 6.73. The van der Waals surface area contributed by atoms with Crippen molar-refractivity contribution < 1.29 is 13.2 Å². The molecule has 1 N–H and O–H groups in total. The zero-order chi connectivity index (χ0) is 20.9. The summed E-state index contributed by atoms with van der Waals surface area (Å²) in [5, 5.41) is 0. The summed E-state index contributed by atoms with van der Waals surface area (Å²) in [5.41, 5.74) is 2.70. The van der Waals surface area contributed by atoms with Crippen molar-refractivity contribution >= 4 is 64.8 Å². The lowest BCUT2D eigenvalue weighted by Gasteiger charge is -2.17. The van der Waals surface area contributed by atoms with Gasteiger partial charge in [0, 0.05) is 30.2 Å². The zero-order valence-corrected chi connectivity index (χ0v) is 18.9. The molecule has 1 aliphatic heterocycles. The largest absolute Gasteiger partial charge is 0.312 e. The number of aryl methyl sites for hydroxylation is 1. The summed E-state index contributed by atoms with van der Waals surface area (Å²) in [5.74, 6) is -0.122. The minimum absolute atomic E-state index is 0.0591. The number of aromatic nitrogens is 1. The smallest absolute Gasteiger partial charge is 0.308 e. The highest BCUT2D eigenvalue weighted by Gasteiger charge is 2.27. The van der Waals surface area contributed by atoms with Crippen LogP contribution in [-0.4, -0.2) is 25.4 Å². The molecule has 0 saturated carbocycles. The highest BCUT2D eigenvalue weighted by atomic mass is 79.9. The molecule has 7 nitrogen and oxygen atoms in total. The fourth-order valence-corrected chi connectivity index (χ4v) is 6.71. The summed E-state index contributed by atoms with van der Waals surface area (Å²) < 4.78 is 31.5. The van der Waals surface area contributed by atoms with Crippen LogP contribution in [0.1, 0.15) is 19.4 Å². The van der Waals surface area contributed by atoms with E-state index in [1.807, 2.05) is 6.92 Å². The number of benzene rings is 2. The number of fused-ring (bicyclic) bond motifs is 2. The van der Waals surface area contributed by atoms with Gasteiger partial charge in [-0.3, -0.25) is 18.9 Å². The summed E-state index contributed by atoms with van der Waals surface area (Å²) in [6.07, 6.45) is 0.686. The minimum atomic E-state index is -3.91. The minimum Gasteiger partial charge on any atom is -0.312 e. The molecule has 1 aliphatic rings. The van der Waals surface area contributed by atoms with E-state index in [1.165, 1.54) is 13.0 Å². The van der Waals surface area contributed by atoms with Crippen LogP contribution in [0.5, 0.6) is 0 Å². The van der Waals surface area contributed by atoms with Crippen LogP contribution >= 0.6 is 27.3 Å². The first kappa shape index (κ1) is 20.1. The Morgan fingerprint density at radius 1 is 1.28 bits per heavy atom. The van der Waals surface area contributed by atoms with E-state index >= 15 is 0 Å². The number of halogens is 1. The second kappa shape index (κ2) is 7.26. The van der Waals surface area contributed by atoms with Crippen LogP contribution in [0.25, 0.3) is 10.2 Å². The third-order valence-corrected chi connectivity index (χ3v) is 8.22. The number of carbonyl (C=O) groups excluding carboxylic acids is 1. The number of hydrogen-bond donors (Lipinski definition) is 1. The second-order valence-corrected chi connectivity index (χ2v) is 10.2. The maximum absolute atomic E-state index is 13.1. The third kappa shape index (κ3) is 3.49. The van der Waals surface area contributed by atoms with Crippen LogP contribution in [0.2, 0.25) is 0 Å². The number of nitrogens with zero attached hydrogens (tertiary/aromatic N) is 2. The molecular formula is C19H18BrN3O4S2. The lowest BCUT2D eigenvalue weighted by Crippen LogP contribution is -2.26. The molecule has 1 amide bonds. The fraction of sp³-hybridized carbons (Fsp3) is 0.263. The van der Waals surface area contributed by atoms with Gasteiger partial charge in [0.1, 0.15) is 4.90 Å². The number of hydrogen-bond acceptors (Lipinski definition) is 5. The molecule has 0 spiro atoms. The van der Waals surface area contributed by atoms with E-state index in [-0.39, 0.29) is 15.7 Å². The first-order chi connectivity index (χ1) is 13.7. The van der Waals surface area contributed by atoms with Gasteiger partial charge in [-0.25, -0.2) is 8.42 Å². The van der Waals surface area contributed by atoms with Crippen molar-refractivity contribution in [3.05, 3.63) is 50.0 Å². The predicted molar refractivity (Wildman–Crippen MR) is 118 cm³/mol. The lowest BCUT2D eigenvalue weighted by atomic mass is 10.2. The standard InChI is InChI=1S/C19H18BrN3O4S2/c1-3-22-15-5-4-13(9-17(15)28-19(22)25)21-29(26,27)18-10-16-12(8-14(18)20)6-7-23(16)11(2)24/h4-5,8-10,21H,3,6-7H2,1-2H3. The van der Waals surface area contributed by atoms with Crippen molar-refractivity contribution in [3.8, 4) is 0 Å².